The SMILES string of the molecule is COc1ccc2c(c1)[C@]13CCCCC1[C@H](C2)N(C=O)CC3. The predicted octanol–water partition coefficient (Wildman–Crippen LogP) is 2.91. The van der Waals surface area contributed by atoms with E-state index in [2.05, 4.69) is 23.1 Å². The fourth-order valence-corrected chi connectivity index (χ4v) is 5.27. The minimum absolute atomic E-state index is 0.296. The number of nitrogens with zero attached hydrogens (tertiary/aromatic N) is 1. The van der Waals surface area contributed by atoms with Gasteiger partial charge in [-0.1, -0.05) is 18.9 Å². The maximum atomic E-state index is 11.5. The molecule has 21 heavy (non-hydrogen) atoms. The quantitative estimate of drug-likeness (QED) is 0.782. The molecule has 1 saturated carbocycles. The zero-order chi connectivity index (χ0) is 14.4. The smallest absolute Gasteiger partial charge is 0.209 e. The highest BCUT2D eigenvalue weighted by Gasteiger charge is 2.53. The first-order chi connectivity index (χ1) is 10.3. The summed E-state index contributed by atoms with van der Waals surface area (Å²) in [6, 6.07) is 6.99. The van der Waals surface area contributed by atoms with E-state index in [4.69, 9.17) is 4.74 Å². The number of likely N-dealkylation sites (tertiary alicyclic amines) is 1. The Hall–Kier alpha value is -1.51. The van der Waals surface area contributed by atoms with Crippen LogP contribution in [0.3, 0.4) is 0 Å². The Balaban J connectivity index is 1.87. The number of ether oxygens (including phenoxy) is 1. The second kappa shape index (κ2) is 4.75. The summed E-state index contributed by atoms with van der Waals surface area (Å²) >= 11 is 0. The number of methoxy groups -OCH3 is 1. The van der Waals surface area contributed by atoms with E-state index in [1.807, 2.05) is 0 Å². The molecule has 1 aromatic rings. The molecule has 1 heterocycles. The van der Waals surface area contributed by atoms with Crippen molar-refractivity contribution in [1.29, 1.82) is 0 Å². The molecule has 1 saturated heterocycles. The second-order valence-electron chi connectivity index (χ2n) is 6.90. The van der Waals surface area contributed by atoms with E-state index in [0.717, 1.165) is 31.5 Å². The van der Waals surface area contributed by atoms with Crippen molar-refractivity contribution in [3.8, 4) is 5.75 Å². The van der Waals surface area contributed by atoms with Crippen LogP contribution in [-0.2, 0) is 16.6 Å². The van der Waals surface area contributed by atoms with E-state index in [9.17, 15) is 4.79 Å². The van der Waals surface area contributed by atoms with E-state index in [0.29, 0.717) is 17.4 Å². The number of carbonyl (C=O) groups is 1. The lowest BCUT2D eigenvalue weighted by atomic mass is 9.52. The molecule has 0 N–H and O–H groups in total. The van der Waals surface area contributed by atoms with Crippen molar-refractivity contribution in [3.05, 3.63) is 29.3 Å². The Morgan fingerprint density at radius 3 is 3.05 bits per heavy atom. The molecule has 3 nitrogen and oxygen atoms in total. The van der Waals surface area contributed by atoms with Crippen LogP contribution < -0.4 is 4.74 Å². The monoisotopic (exact) mass is 285 g/mol. The Morgan fingerprint density at radius 2 is 2.24 bits per heavy atom. The molecule has 1 unspecified atom stereocenters. The summed E-state index contributed by atoms with van der Waals surface area (Å²) in [6.07, 6.45) is 8.40. The van der Waals surface area contributed by atoms with E-state index in [-0.39, 0.29) is 0 Å². The summed E-state index contributed by atoms with van der Waals surface area (Å²) in [5.41, 5.74) is 3.25. The third kappa shape index (κ3) is 1.76. The largest absolute Gasteiger partial charge is 0.497 e. The average molecular weight is 285 g/mol. The fourth-order valence-electron chi connectivity index (χ4n) is 5.27. The Morgan fingerprint density at radius 1 is 1.33 bits per heavy atom. The first-order valence-electron chi connectivity index (χ1n) is 8.17. The van der Waals surface area contributed by atoms with Crippen LogP contribution in [0, 0.1) is 5.92 Å². The van der Waals surface area contributed by atoms with E-state index >= 15 is 0 Å². The Labute approximate surface area is 126 Å². The highest BCUT2D eigenvalue weighted by molar-refractivity contribution is 5.52. The maximum Gasteiger partial charge on any atom is 0.209 e. The summed E-state index contributed by atoms with van der Waals surface area (Å²) in [5.74, 6) is 1.62. The number of benzene rings is 1. The molecular weight excluding hydrogens is 262 g/mol. The minimum Gasteiger partial charge on any atom is -0.497 e. The van der Waals surface area contributed by atoms with Gasteiger partial charge in [0, 0.05) is 18.0 Å². The first kappa shape index (κ1) is 13.2. The number of fused-ring (bicyclic) bond motifs is 1. The average Bonchev–Trinajstić information content (AvgIpc) is 2.54. The lowest BCUT2D eigenvalue weighted by Gasteiger charge is -2.58. The zero-order valence-electron chi connectivity index (χ0n) is 12.7. The molecular formula is C18H23NO2. The van der Waals surface area contributed by atoms with Crippen molar-refractivity contribution in [2.75, 3.05) is 13.7 Å². The lowest BCUT2D eigenvalue weighted by Crippen LogP contribution is -2.60. The molecule has 3 aliphatic rings. The van der Waals surface area contributed by atoms with Gasteiger partial charge in [-0.05, 0) is 54.9 Å². The molecule has 2 bridgehead atoms. The van der Waals surface area contributed by atoms with Crippen LogP contribution in [-0.4, -0.2) is 31.0 Å². The fraction of sp³-hybridized carbons (Fsp3) is 0.611. The van der Waals surface area contributed by atoms with Crippen LogP contribution in [0.4, 0.5) is 0 Å². The van der Waals surface area contributed by atoms with Gasteiger partial charge in [-0.15, -0.1) is 0 Å². The highest BCUT2D eigenvalue weighted by Crippen LogP contribution is 2.55. The molecule has 1 amide bonds. The van der Waals surface area contributed by atoms with Crippen molar-refractivity contribution < 1.29 is 9.53 Å². The van der Waals surface area contributed by atoms with E-state index < -0.39 is 0 Å². The van der Waals surface area contributed by atoms with E-state index in [1.54, 1.807) is 7.11 Å². The van der Waals surface area contributed by atoms with E-state index in [1.165, 1.54) is 36.8 Å². The van der Waals surface area contributed by atoms with Crippen molar-refractivity contribution in [2.45, 2.75) is 50.0 Å². The van der Waals surface area contributed by atoms with Crippen LogP contribution >= 0.6 is 0 Å². The number of amides is 1. The van der Waals surface area contributed by atoms with Gasteiger partial charge in [0.2, 0.25) is 6.41 Å². The Bertz CT molecular complexity index is 570. The van der Waals surface area contributed by atoms with Gasteiger partial charge in [0.25, 0.3) is 0 Å². The molecule has 0 aromatic heterocycles. The summed E-state index contributed by atoms with van der Waals surface area (Å²) in [6.45, 7) is 0.918. The molecule has 2 fully saturated rings. The van der Waals surface area contributed by atoms with Gasteiger partial charge in [0.05, 0.1) is 7.11 Å². The lowest BCUT2D eigenvalue weighted by molar-refractivity contribution is -0.126. The molecule has 0 spiro atoms. The number of rotatable bonds is 2. The normalized spacial score (nSPS) is 33.9. The number of piperidine rings is 1. The van der Waals surface area contributed by atoms with Crippen molar-refractivity contribution in [1.82, 2.24) is 4.90 Å². The molecule has 2 aliphatic carbocycles. The molecule has 0 radical (unpaired) electrons. The van der Waals surface area contributed by atoms with Crippen LogP contribution in [0.15, 0.2) is 18.2 Å². The van der Waals surface area contributed by atoms with Crippen molar-refractivity contribution in [3.63, 3.8) is 0 Å². The second-order valence-corrected chi connectivity index (χ2v) is 6.90. The summed E-state index contributed by atoms with van der Waals surface area (Å²) in [7, 11) is 1.75. The summed E-state index contributed by atoms with van der Waals surface area (Å²) in [5, 5.41) is 0. The van der Waals surface area contributed by atoms with Crippen molar-refractivity contribution >= 4 is 6.41 Å². The van der Waals surface area contributed by atoms with Gasteiger partial charge in [-0.2, -0.15) is 0 Å². The first-order valence-corrected chi connectivity index (χ1v) is 8.17. The van der Waals surface area contributed by atoms with Crippen LogP contribution in [0.25, 0.3) is 0 Å². The zero-order valence-corrected chi connectivity index (χ0v) is 12.7. The molecule has 1 aromatic carbocycles. The predicted molar refractivity (Wildman–Crippen MR) is 81.5 cm³/mol. The van der Waals surface area contributed by atoms with Gasteiger partial charge in [0.1, 0.15) is 5.75 Å². The maximum absolute atomic E-state index is 11.5. The van der Waals surface area contributed by atoms with Gasteiger partial charge < -0.3 is 9.64 Å². The molecule has 1 aliphatic heterocycles. The van der Waals surface area contributed by atoms with Crippen LogP contribution in [0.5, 0.6) is 5.75 Å². The minimum atomic E-state index is 0.296. The topological polar surface area (TPSA) is 29.5 Å². The molecule has 3 heteroatoms. The van der Waals surface area contributed by atoms with Gasteiger partial charge in [0.15, 0.2) is 0 Å². The summed E-state index contributed by atoms with van der Waals surface area (Å²) in [4.78, 5) is 13.5. The number of hydrogen-bond donors (Lipinski definition) is 0. The third-order valence-corrected chi connectivity index (χ3v) is 6.22. The van der Waals surface area contributed by atoms with Gasteiger partial charge in [-0.3, -0.25) is 4.79 Å². The van der Waals surface area contributed by atoms with Crippen LogP contribution in [0.2, 0.25) is 0 Å². The molecule has 4 rings (SSSR count). The Kier molecular flexibility index (Phi) is 2.98. The number of hydrogen-bond acceptors (Lipinski definition) is 2. The highest BCUT2D eigenvalue weighted by atomic mass is 16.5. The molecule has 112 valence electrons. The molecule has 3 atom stereocenters. The van der Waals surface area contributed by atoms with Gasteiger partial charge >= 0.3 is 0 Å². The van der Waals surface area contributed by atoms with Crippen LogP contribution in [0.1, 0.15) is 43.2 Å². The number of carbonyl (C=O) groups excluding carboxylic acids is 1. The summed E-state index contributed by atoms with van der Waals surface area (Å²) < 4.78 is 5.47. The standard InChI is InChI=1S/C18H23NO2/c1-21-14-6-5-13-10-17-15-4-2-3-7-18(15,16(13)11-14)8-9-19(17)12-20/h5-6,11-12,15,17H,2-4,7-10H2,1H3/t15?,17-,18-/m0/s1. The van der Waals surface area contributed by atoms with Crippen molar-refractivity contribution in [2.24, 2.45) is 5.92 Å². The third-order valence-electron chi connectivity index (χ3n) is 6.22. The van der Waals surface area contributed by atoms with Gasteiger partial charge in [-0.25, -0.2) is 0 Å².